The number of nitrogens with zero attached hydrogens (tertiary/aromatic N) is 3. The third-order valence-corrected chi connectivity index (χ3v) is 11.5. The topological polar surface area (TPSA) is 30.7 Å². The van der Waals surface area contributed by atoms with Crippen molar-refractivity contribution in [2.75, 3.05) is 0 Å². The average Bonchev–Trinajstić information content (AvgIpc) is 3.66. The van der Waals surface area contributed by atoms with E-state index in [4.69, 9.17) is 9.97 Å². The average molecular weight is 752 g/mol. The maximum Gasteiger partial charge on any atom is 0.160 e. The van der Waals surface area contributed by atoms with Crippen molar-refractivity contribution in [1.82, 2.24) is 14.5 Å². The molecule has 0 saturated carbocycles. The van der Waals surface area contributed by atoms with Crippen molar-refractivity contribution in [3.63, 3.8) is 0 Å². The van der Waals surface area contributed by atoms with Crippen molar-refractivity contribution in [3.05, 3.63) is 224 Å². The summed E-state index contributed by atoms with van der Waals surface area (Å²) in [6.07, 6.45) is 0. The molecule has 0 bridgehead atoms. The Morgan fingerprint density at radius 3 is 1.36 bits per heavy atom. The van der Waals surface area contributed by atoms with Gasteiger partial charge >= 0.3 is 0 Å². The van der Waals surface area contributed by atoms with E-state index in [0.717, 1.165) is 39.2 Å². The van der Waals surface area contributed by atoms with Crippen molar-refractivity contribution >= 4 is 32.6 Å². The summed E-state index contributed by atoms with van der Waals surface area (Å²) in [6, 6.07) is 79.9. The molecule has 11 aromatic rings. The van der Waals surface area contributed by atoms with E-state index in [1.54, 1.807) is 0 Å². The molecular weight excluding hydrogens is 715 g/mol. The summed E-state index contributed by atoms with van der Waals surface area (Å²) < 4.78 is 2.38. The van der Waals surface area contributed by atoms with Crippen LogP contribution >= 0.6 is 0 Å². The summed E-state index contributed by atoms with van der Waals surface area (Å²) in [7, 11) is 0. The second kappa shape index (κ2) is 14.6. The van der Waals surface area contributed by atoms with Gasteiger partial charge in [0, 0.05) is 33.2 Å². The second-order valence-electron chi connectivity index (χ2n) is 15.0. The van der Waals surface area contributed by atoms with Gasteiger partial charge in [0.2, 0.25) is 0 Å². The molecule has 59 heavy (non-hydrogen) atoms. The molecule has 0 spiro atoms. The monoisotopic (exact) mass is 751 g/mol. The van der Waals surface area contributed by atoms with Gasteiger partial charge in [0.05, 0.1) is 22.4 Å². The van der Waals surface area contributed by atoms with E-state index in [1.165, 1.54) is 60.6 Å². The van der Waals surface area contributed by atoms with Crippen molar-refractivity contribution in [3.8, 4) is 73.0 Å². The second-order valence-corrected chi connectivity index (χ2v) is 15.0. The van der Waals surface area contributed by atoms with Crippen LogP contribution in [0.25, 0.3) is 106 Å². The van der Waals surface area contributed by atoms with E-state index in [-0.39, 0.29) is 0 Å². The van der Waals surface area contributed by atoms with Crippen molar-refractivity contribution < 1.29 is 0 Å². The van der Waals surface area contributed by atoms with Gasteiger partial charge in [0.15, 0.2) is 5.82 Å². The van der Waals surface area contributed by atoms with Gasteiger partial charge in [0.1, 0.15) is 0 Å². The maximum atomic E-state index is 5.15. The number of aromatic nitrogens is 3. The summed E-state index contributed by atoms with van der Waals surface area (Å²) in [5.41, 5.74) is 15.6. The molecule has 2 aromatic heterocycles. The van der Waals surface area contributed by atoms with E-state index in [0.29, 0.717) is 5.82 Å². The molecular formula is C56H37N3. The van der Waals surface area contributed by atoms with Crippen molar-refractivity contribution in [2.24, 2.45) is 0 Å². The van der Waals surface area contributed by atoms with Crippen LogP contribution in [0.3, 0.4) is 0 Å². The highest BCUT2D eigenvalue weighted by atomic mass is 15.0. The molecule has 0 aliphatic rings. The Hall–Kier alpha value is -7.88. The molecule has 0 radical (unpaired) electrons. The smallest absolute Gasteiger partial charge is 0.160 e. The fraction of sp³-hybridized carbons (Fsp3) is 0. The Kier molecular flexibility index (Phi) is 8.49. The third-order valence-electron chi connectivity index (χ3n) is 11.5. The highest BCUT2D eigenvalue weighted by Gasteiger charge is 2.16. The summed E-state index contributed by atoms with van der Waals surface area (Å²) in [5.74, 6) is 0.714. The molecule has 0 aliphatic heterocycles. The van der Waals surface area contributed by atoms with E-state index < -0.39 is 0 Å². The Labute approximate surface area is 343 Å². The molecule has 9 aromatic carbocycles. The van der Waals surface area contributed by atoms with Gasteiger partial charge < -0.3 is 4.57 Å². The molecule has 276 valence electrons. The number of para-hydroxylation sites is 2. The summed E-state index contributed by atoms with van der Waals surface area (Å²) in [4.78, 5) is 10.2. The number of rotatable bonds is 7. The summed E-state index contributed by atoms with van der Waals surface area (Å²) >= 11 is 0. The normalized spacial score (nSPS) is 11.4. The zero-order chi connectivity index (χ0) is 39.1. The number of hydrogen-bond acceptors (Lipinski definition) is 2. The lowest BCUT2D eigenvalue weighted by atomic mass is 9.92. The molecule has 0 N–H and O–H groups in total. The van der Waals surface area contributed by atoms with Crippen molar-refractivity contribution in [2.45, 2.75) is 0 Å². The van der Waals surface area contributed by atoms with Gasteiger partial charge in [-0.05, 0) is 74.5 Å². The molecule has 0 atom stereocenters. The molecule has 2 heterocycles. The molecule has 3 nitrogen and oxygen atoms in total. The van der Waals surface area contributed by atoms with Gasteiger partial charge in [-0.3, -0.25) is 0 Å². The van der Waals surface area contributed by atoms with Crippen LogP contribution in [0, 0.1) is 0 Å². The lowest BCUT2D eigenvalue weighted by molar-refractivity contribution is 1.18. The molecule has 11 rings (SSSR count). The Morgan fingerprint density at radius 1 is 0.271 bits per heavy atom. The zero-order valence-corrected chi connectivity index (χ0v) is 32.2. The van der Waals surface area contributed by atoms with Gasteiger partial charge in [-0.15, -0.1) is 0 Å². The number of fused-ring (bicyclic) bond motifs is 4. The van der Waals surface area contributed by atoms with Gasteiger partial charge in [-0.1, -0.05) is 194 Å². The van der Waals surface area contributed by atoms with Crippen LogP contribution in [0.15, 0.2) is 224 Å². The van der Waals surface area contributed by atoms with Gasteiger partial charge in [0.25, 0.3) is 0 Å². The van der Waals surface area contributed by atoms with Gasteiger partial charge in [-0.2, -0.15) is 0 Å². The predicted octanol–water partition coefficient (Wildman–Crippen LogP) is 14.7. The van der Waals surface area contributed by atoms with Crippen LogP contribution in [0.4, 0.5) is 0 Å². The minimum Gasteiger partial charge on any atom is -0.309 e. The molecule has 0 aliphatic carbocycles. The lowest BCUT2D eigenvalue weighted by Gasteiger charge is -2.14. The van der Waals surface area contributed by atoms with Crippen LogP contribution in [0.5, 0.6) is 0 Å². The Balaban J connectivity index is 0.906. The van der Waals surface area contributed by atoms with E-state index in [9.17, 15) is 0 Å². The molecule has 0 unspecified atom stereocenters. The van der Waals surface area contributed by atoms with Crippen LogP contribution in [0.2, 0.25) is 0 Å². The van der Waals surface area contributed by atoms with Crippen LogP contribution in [0.1, 0.15) is 0 Å². The number of benzene rings is 9. The standard InChI is InChI=1S/C56H37N3/c1-3-14-42(15-4-1)52-37-53(58-56(57-52)43-16-5-2-6-17-43)49-35-34-46(47-20-7-8-21-48(47)49)41-32-30-39(31-33-41)38-26-28-40(29-27-38)44-18-13-19-45(36-44)59-54-24-11-9-22-50(54)51-23-10-12-25-55(51)59/h1-37H. The summed E-state index contributed by atoms with van der Waals surface area (Å²) in [5, 5.41) is 4.88. The van der Waals surface area contributed by atoms with Crippen LogP contribution in [-0.4, -0.2) is 14.5 Å². The largest absolute Gasteiger partial charge is 0.309 e. The zero-order valence-electron chi connectivity index (χ0n) is 32.2. The maximum absolute atomic E-state index is 5.15. The Morgan fingerprint density at radius 2 is 0.729 bits per heavy atom. The highest BCUT2D eigenvalue weighted by Crippen LogP contribution is 2.38. The van der Waals surface area contributed by atoms with Gasteiger partial charge in [-0.25, -0.2) is 9.97 Å². The van der Waals surface area contributed by atoms with E-state index in [1.807, 2.05) is 24.3 Å². The fourth-order valence-corrected chi connectivity index (χ4v) is 8.56. The third kappa shape index (κ3) is 6.26. The predicted molar refractivity (Wildman–Crippen MR) is 246 cm³/mol. The quantitative estimate of drug-likeness (QED) is 0.162. The van der Waals surface area contributed by atoms with Crippen molar-refractivity contribution in [1.29, 1.82) is 0 Å². The number of hydrogen-bond donors (Lipinski definition) is 0. The van der Waals surface area contributed by atoms with E-state index in [2.05, 4.69) is 205 Å². The molecule has 3 heteroatoms. The van der Waals surface area contributed by atoms with Crippen LogP contribution in [-0.2, 0) is 0 Å². The molecule has 0 fully saturated rings. The first-order chi connectivity index (χ1) is 29.2. The fourth-order valence-electron chi connectivity index (χ4n) is 8.56. The minimum absolute atomic E-state index is 0.714. The highest BCUT2D eigenvalue weighted by molar-refractivity contribution is 6.09. The van der Waals surface area contributed by atoms with E-state index >= 15 is 0 Å². The molecule has 0 amide bonds. The first kappa shape index (κ1) is 34.4. The lowest BCUT2D eigenvalue weighted by Crippen LogP contribution is -1.96. The first-order valence-electron chi connectivity index (χ1n) is 20.1. The Bertz CT molecular complexity index is 3180. The SMILES string of the molecule is c1ccc(-c2cc(-c3ccc(-c4ccc(-c5ccc(-c6cccc(-n7c8ccccc8c8ccccc87)c6)cc5)cc4)c4ccccc34)nc(-c3ccccc3)n2)cc1. The van der Waals surface area contributed by atoms with Crippen LogP contribution < -0.4 is 0 Å². The molecule has 0 saturated heterocycles. The minimum atomic E-state index is 0.714. The first-order valence-corrected chi connectivity index (χ1v) is 20.1. The summed E-state index contributed by atoms with van der Waals surface area (Å²) in [6.45, 7) is 0.